The number of amides is 2. The van der Waals surface area contributed by atoms with Crippen molar-refractivity contribution in [2.24, 2.45) is 88.3 Å². The lowest BCUT2D eigenvalue weighted by Gasteiger charge is -2.45. The standard InChI is InChI=1S/C10H19N.C10H21N.2C9H19N.C8H15NO.C8H17N.C7H14N2O.C7H16N2.C7H15N/c1-7-6-9-4-5-10(8(7)2)11(9)3;1-8-6-11(5)7-10(3,4)9(8)2;1-8-4-6-10(3)7-5-9(8)2;1-8-5-4-6-10(3)7-9(8)2;1-6-4-5-9(3)8(10)7(6)2;1-7-4-5-9(3)6-8(7)2;1-6-7(10)9(3)5-4-8(6)2;1-7-6-8(2)4-5-9(7)3;1-6-4-8(3)5-7(6)2/h7-10H,4-6H2,1-3H3;8-9H,6-7H2,1-5H3;2*8-9H,4-7H2,1-3H3;6-7H,4-5H2,1-3H3;7-8H,4-6H2,1-3H3;6H,4-5H2,1-3H3;7H,4-6H2,1-3H3;6-7H,4-5H2,1-3H3/t7-,8-,9?,10?;8-,9-;2*8-,9+;6-,7-;7-,8+;6-;7-;6-,7+/m10.11100./s1. The van der Waals surface area contributed by atoms with Crippen LogP contribution in [0.1, 0.15) is 182 Å². The molecule has 10 fully saturated rings. The molecule has 0 aromatic heterocycles. The van der Waals surface area contributed by atoms with Crippen molar-refractivity contribution < 1.29 is 9.59 Å². The van der Waals surface area contributed by atoms with Crippen LogP contribution in [0.25, 0.3) is 0 Å². The third-order valence-electron chi connectivity index (χ3n) is 24.7. The fourth-order valence-corrected chi connectivity index (χ4v) is 15.2. The van der Waals surface area contributed by atoms with E-state index in [1.165, 1.54) is 136 Å². The van der Waals surface area contributed by atoms with Gasteiger partial charge in [0, 0.05) is 117 Å². The molecule has 88 heavy (non-hydrogen) atoms. The van der Waals surface area contributed by atoms with E-state index in [2.05, 4.69) is 211 Å². The van der Waals surface area contributed by atoms with Crippen LogP contribution in [0.4, 0.5) is 0 Å². The maximum atomic E-state index is 11.3. The molecule has 18 atom stereocenters. The molecule has 2 amide bonds. The zero-order valence-electron chi connectivity index (χ0n) is 64.3. The van der Waals surface area contributed by atoms with Crippen LogP contribution in [0.2, 0.25) is 0 Å². The number of piperidine rings is 4. The normalized spacial score (nSPS) is 38.2. The number of hydrogen-bond donors (Lipinski definition) is 0. The molecule has 0 aliphatic carbocycles. The van der Waals surface area contributed by atoms with Gasteiger partial charge >= 0.3 is 0 Å². The van der Waals surface area contributed by atoms with E-state index in [-0.39, 0.29) is 17.9 Å². The predicted octanol–water partition coefficient (Wildman–Crippen LogP) is 12.3. The molecular formula is C75H155N11O2. The van der Waals surface area contributed by atoms with Gasteiger partial charge in [0.25, 0.3) is 0 Å². The number of fused-ring (bicyclic) bond motifs is 2. The van der Waals surface area contributed by atoms with Crippen molar-refractivity contribution in [3.63, 3.8) is 0 Å². The lowest BCUT2D eigenvalue weighted by atomic mass is 9.70. The summed E-state index contributed by atoms with van der Waals surface area (Å²) in [5.41, 5.74) is 0.506. The van der Waals surface area contributed by atoms with Crippen molar-refractivity contribution >= 4 is 11.8 Å². The average molecular weight is 1240 g/mol. The van der Waals surface area contributed by atoms with Gasteiger partial charge < -0.3 is 49.0 Å². The first-order chi connectivity index (χ1) is 40.9. The van der Waals surface area contributed by atoms with E-state index in [1.54, 1.807) is 4.90 Å². The number of carbonyl (C=O) groups excluding carboxylic acids is 2. The Bertz CT molecular complexity index is 1800. The molecule has 2 bridgehead atoms. The molecule has 13 nitrogen and oxygen atoms in total. The van der Waals surface area contributed by atoms with Gasteiger partial charge in [-0.3, -0.25) is 14.5 Å². The lowest BCUT2D eigenvalue weighted by molar-refractivity contribution is -0.139. The van der Waals surface area contributed by atoms with Crippen LogP contribution in [0.15, 0.2) is 0 Å². The molecule has 10 aliphatic heterocycles. The summed E-state index contributed by atoms with van der Waals surface area (Å²) in [7, 11) is 23.5. The Kier molecular flexibility index (Phi) is 38.3. The number of piperazine rings is 2. The molecule has 10 heterocycles. The second-order valence-corrected chi connectivity index (χ2v) is 33.2. The Morgan fingerprint density at radius 3 is 1.26 bits per heavy atom. The summed E-state index contributed by atoms with van der Waals surface area (Å²) < 4.78 is 0. The van der Waals surface area contributed by atoms with Crippen LogP contribution >= 0.6 is 0 Å². The summed E-state index contributed by atoms with van der Waals surface area (Å²) in [5, 5.41) is 0. The molecule has 0 aromatic carbocycles. The third kappa shape index (κ3) is 29.1. The van der Waals surface area contributed by atoms with Crippen molar-refractivity contribution in [1.29, 1.82) is 0 Å². The Labute approximate surface area is 549 Å². The van der Waals surface area contributed by atoms with Crippen molar-refractivity contribution in [3.8, 4) is 0 Å². The van der Waals surface area contributed by atoms with Gasteiger partial charge in [0.05, 0.1) is 6.04 Å². The highest BCUT2D eigenvalue weighted by Gasteiger charge is 2.41. The first-order valence-electron chi connectivity index (χ1n) is 36.6. The molecule has 13 heteroatoms. The summed E-state index contributed by atoms with van der Waals surface area (Å²) >= 11 is 0. The van der Waals surface area contributed by atoms with Crippen molar-refractivity contribution in [3.05, 3.63) is 0 Å². The van der Waals surface area contributed by atoms with Crippen LogP contribution < -0.4 is 0 Å². The minimum atomic E-state index is 0.0683. The van der Waals surface area contributed by atoms with E-state index in [1.807, 2.05) is 39.9 Å². The zero-order valence-corrected chi connectivity index (χ0v) is 64.3. The minimum Gasteiger partial charge on any atom is -0.346 e. The van der Waals surface area contributed by atoms with Crippen LogP contribution in [-0.2, 0) is 9.59 Å². The van der Waals surface area contributed by atoms with Gasteiger partial charge in [-0.1, -0.05) is 111 Å². The molecule has 522 valence electrons. The van der Waals surface area contributed by atoms with Crippen molar-refractivity contribution in [2.75, 3.05) is 182 Å². The van der Waals surface area contributed by atoms with Crippen LogP contribution in [0, 0.1) is 88.3 Å². The molecule has 0 radical (unpaired) electrons. The number of hydrogen-bond acceptors (Lipinski definition) is 11. The molecule has 2 unspecified atom stereocenters. The maximum absolute atomic E-state index is 11.3. The summed E-state index contributed by atoms with van der Waals surface area (Å²) in [6.45, 7) is 60.9. The summed E-state index contributed by atoms with van der Waals surface area (Å²) in [4.78, 5) is 47.7. The Morgan fingerprint density at radius 2 is 0.784 bits per heavy atom. The fourth-order valence-electron chi connectivity index (χ4n) is 15.2. The maximum Gasteiger partial charge on any atom is 0.239 e. The Morgan fingerprint density at radius 1 is 0.352 bits per heavy atom. The molecule has 0 aromatic rings. The summed E-state index contributed by atoms with van der Waals surface area (Å²) in [6.07, 6.45) is 12.5. The van der Waals surface area contributed by atoms with E-state index in [0.717, 1.165) is 115 Å². The molecule has 10 aliphatic rings. The molecule has 0 saturated carbocycles. The van der Waals surface area contributed by atoms with E-state index in [9.17, 15) is 9.59 Å². The molecular weight excluding hydrogens is 1090 g/mol. The van der Waals surface area contributed by atoms with Gasteiger partial charge in [-0.05, 0) is 244 Å². The SMILES string of the molecule is C[C@@H]1CC2CCC([C@@H]1C)N2C.C[C@@H]1CCCN(C)C[C@@H]1C.C[C@@H]1CCN(C)C(=O)[C@@H]1C.C[C@@H]1CCN(C)CC[C@@H]1C.C[C@@H]1CCN(C)C[C@@H]1C.C[C@@H]1CN(C)C[C@@H]1C.C[C@H]1C(=O)N(C)CCN1C.C[C@H]1CN(C)CC(C)(C)[C@H]1C.C[C@H]1CN(C)CCN1C. The topological polar surface area (TPSA) is 69.8 Å². The van der Waals surface area contributed by atoms with Gasteiger partial charge in [-0.2, -0.15) is 0 Å². The van der Waals surface area contributed by atoms with Crippen LogP contribution in [-0.4, -0.2) is 272 Å². The van der Waals surface area contributed by atoms with Crippen molar-refractivity contribution in [1.82, 2.24) is 53.9 Å². The predicted molar refractivity (Wildman–Crippen MR) is 383 cm³/mol. The number of nitrogens with zero attached hydrogens (tertiary/aromatic N) is 11. The molecule has 10 rings (SSSR count). The Hall–Kier alpha value is -1.42. The largest absolute Gasteiger partial charge is 0.346 e. The number of likely N-dealkylation sites (N-methyl/N-ethyl adjacent to an activating group) is 4. The first kappa shape index (κ1) is 82.7. The number of likely N-dealkylation sites (tertiary alicyclic amines) is 6. The van der Waals surface area contributed by atoms with Crippen LogP contribution in [0.3, 0.4) is 0 Å². The van der Waals surface area contributed by atoms with Gasteiger partial charge in [0.2, 0.25) is 11.8 Å². The molecule has 0 spiro atoms. The highest BCUT2D eigenvalue weighted by Crippen LogP contribution is 2.41. The third-order valence-corrected chi connectivity index (χ3v) is 24.7. The fraction of sp³-hybridized carbons (Fsp3) is 0.973. The van der Waals surface area contributed by atoms with Crippen LogP contribution in [0.5, 0.6) is 0 Å². The highest BCUT2D eigenvalue weighted by atomic mass is 16.2. The van der Waals surface area contributed by atoms with Gasteiger partial charge in [0.1, 0.15) is 0 Å². The van der Waals surface area contributed by atoms with E-state index in [0.29, 0.717) is 17.2 Å². The van der Waals surface area contributed by atoms with E-state index < -0.39 is 0 Å². The summed E-state index contributed by atoms with van der Waals surface area (Å²) in [5.74, 6) is 12.3. The highest BCUT2D eigenvalue weighted by molar-refractivity contribution is 5.81. The van der Waals surface area contributed by atoms with E-state index in [4.69, 9.17) is 0 Å². The van der Waals surface area contributed by atoms with E-state index >= 15 is 0 Å². The first-order valence-corrected chi connectivity index (χ1v) is 36.6. The number of rotatable bonds is 0. The van der Waals surface area contributed by atoms with Gasteiger partial charge in [-0.25, -0.2) is 0 Å². The summed E-state index contributed by atoms with van der Waals surface area (Å²) in [6, 6.07) is 2.64. The second-order valence-electron chi connectivity index (χ2n) is 33.2. The second kappa shape index (κ2) is 40.7. The van der Waals surface area contributed by atoms with Crippen molar-refractivity contribution in [2.45, 2.75) is 207 Å². The monoisotopic (exact) mass is 1240 g/mol. The molecule has 0 N–H and O–H groups in total. The number of carbonyl (C=O) groups is 2. The smallest absolute Gasteiger partial charge is 0.239 e. The van der Waals surface area contributed by atoms with Gasteiger partial charge in [-0.15, -0.1) is 0 Å². The quantitative estimate of drug-likeness (QED) is 0.233. The Balaban J connectivity index is 0.000000338. The van der Waals surface area contributed by atoms with Gasteiger partial charge in [0.15, 0.2) is 0 Å². The zero-order chi connectivity index (χ0) is 67.1. The average Bonchev–Trinajstić information content (AvgIpc) is 3.85. The minimum absolute atomic E-state index is 0.0683. The molecule has 10 saturated heterocycles. The lowest BCUT2D eigenvalue weighted by Crippen LogP contribution is -2.52.